The highest BCUT2D eigenvalue weighted by atomic mass is 35.5. The van der Waals surface area contributed by atoms with Gasteiger partial charge in [0.2, 0.25) is 5.91 Å². The lowest BCUT2D eigenvalue weighted by Gasteiger charge is -2.37. The van der Waals surface area contributed by atoms with E-state index in [0.29, 0.717) is 23.7 Å². The molecular weight excluding hydrogens is 286 g/mol. The third-order valence-corrected chi connectivity index (χ3v) is 4.33. The van der Waals surface area contributed by atoms with E-state index in [2.05, 4.69) is 29.4 Å². The summed E-state index contributed by atoms with van der Waals surface area (Å²) in [6.07, 6.45) is 0. The number of amides is 1. The van der Waals surface area contributed by atoms with Crippen LogP contribution in [0.2, 0.25) is 5.02 Å². The minimum atomic E-state index is -0.0816. The Hall–Kier alpha value is -1.10. The average molecular weight is 310 g/mol. The van der Waals surface area contributed by atoms with Gasteiger partial charge in [0, 0.05) is 30.2 Å². The Morgan fingerprint density at radius 1 is 1.48 bits per heavy atom. The molecule has 2 N–H and O–H groups in total. The van der Waals surface area contributed by atoms with E-state index in [9.17, 15) is 4.79 Å². The van der Waals surface area contributed by atoms with E-state index in [1.54, 1.807) is 0 Å². The molecule has 1 heterocycles. The van der Waals surface area contributed by atoms with E-state index in [4.69, 9.17) is 11.6 Å². The van der Waals surface area contributed by atoms with Gasteiger partial charge in [0.25, 0.3) is 0 Å². The van der Waals surface area contributed by atoms with Crippen LogP contribution in [-0.2, 0) is 4.79 Å². The van der Waals surface area contributed by atoms with Gasteiger partial charge >= 0.3 is 0 Å². The highest BCUT2D eigenvalue weighted by Gasteiger charge is 2.24. The van der Waals surface area contributed by atoms with Crippen LogP contribution in [0.25, 0.3) is 0 Å². The molecule has 1 aromatic carbocycles. The minimum absolute atomic E-state index is 0.0448. The van der Waals surface area contributed by atoms with Gasteiger partial charge in [0.05, 0.1) is 12.6 Å². The molecule has 0 radical (unpaired) electrons. The van der Waals surface area contributed by atoms with Crippen LogP contribution in [0.3, 0.4) is 0 Å². The van der Waals surface area contributed by atoms with Crippen molar-refractivity contribution < 1.29 is 4.79 Å². The smallest absolute Gasteiger partial charge is 0.234 e. The molecule has 0 bridgehead atoms. The Balaban J connectivity index is 1.91. The first-order valence-electron chi connectivity index (χ1n) is 7.48. The lowest BCUT2D eigenvalue weighted by Crippen LogP contribution is -2.56. The molecule has 0 saturated carbocycles. The zero-order valence-corrected chi connectivity index (χ0v) is 13.7. The van der Waals surface area contributed by atoms with Gasteiger partial charge in [-0.05, 0) is 32.4 Å². The molecule has 4 nitrogen and oxygen atoms in total. The summed E-state index contributed by atoms with van der Waals surface area (Å²) in [6.45, 7) is 8.50. The molecule has 1 saturated heterocycles. The van der Waals surface area contributed by atoms with Crippen LogP contribution in [0.5, 0.6) is 0 Å². The summed E-state index contributed by atoms with van der Waals surface area (Å²) in [6, 6.07) is 8.34. The summed E-state index contributed by atoms with van der Waals surface area (Å²) in [7, 11) is 0. The van der Waals surface area contributed by atoms with Crippen molar-refractivity contribution in [2.24, 2.45) is 0 Å². The van der Waals surface area contributed by atoms with Crippen LogP contribution in [-0.4, -0.2) is 42.5 Å². The summed E-state index contributed by atoms with van der Waals surface area (Å²) in [5, 5.41) is 7.14. The fourth-order valence-corrected chi connectivity index (χ4v) is 2.99. The van der Waals surface area contributed by atoms with Gasteiger partial charge in [-0.15, -0.1) is 0 Å². The SMILES string of the molecule is CC1CN(CC(=O)NC(C)c2ccccc2Cl)C(C)CN1. The zero-order chi connectivity index (χ0) is 15.4. The largest absolute Gasteiger partial charge is 0.348 e. The number of nitrogens with one attached hydrogen (secondary N) is 2. The predicted molar refractivity (Wildman–Crippen MR) is 86.5 cm³/mol. The molecule has 3 unspecified atom stereocenters. The van der Waals surface area contributed by atoms with Gasteiger partial charge in [-0.1, -0.05) is 29.8 Å². The van der Waals surface area contributed by atoms with Crippen LogP contribution >= 0.6 is 11.6 Å². The standard InChI is InChI=1S/C16H24ClN3O/c1-11-9-20(12(2)8-18-11)10-16(21)19-13(3)14-6-4-5-7-15(14)17/h4-7,11-13,18H,8-10H2,1-3H3,(H,19,21). The first kappa shape index (κ1) is 16.3. The number of hydrogen-bond donors (Lipinski definition) is 2. The maximum atomic E-state index is 12.2. The molecule has 5 heteroatoms. The molecular formula is C16H24ClN3O. The zero-order valence-electron chi connectivity index (χ0n) is 12.9. The van der Waals surface area contributed by atoms with Gasteiger partial charge < -0.3 is 10.6 Å². The number of halogens is 1. The predicted octanol–water partition coefficient (Wildman–Crippen LogP) is 2.20. The Morgan fingerprint density at radius 2 is 2.19 bits per heavy atom. The van der Waals surface area contributed by atoms with Crippen molar-refractivity contribution in [2.45, 2.75) is 38.9 Å². The van der Waals surface area contributed by atoms with Crippen molar-refractivity contribution in [3.63, 3.8) is 0 Å². The first-order chi connectivity index (χ1) is 9.97. The Bertz CT molecular complexity index is 494. The van der Waals surface area contributed by atoms with E-state index >= 15 is 0 Å². The maximum absolute atomic E-state index is 12.2. The Labute approximate surface area is 131 Å². The summed E-state index contributed by atoms with van der Waals surface area (Å²) < 4.78 is 0. The second-order valence-electron chi connectivity index (χ2n) is 5.90. The molecule has 1 aliphatic rings. The molecule has 1 amide bonds. The number of carbonyl (C=O) groups is 1. The quantitative estimate of drug-likeness (QED) is 0.896. The van der Waals surface area contributed by atoms with Crippen molar-refractivity contribution in [1.29, 1.82) is 0 Å². The maximum Gasteiger partial charge on any atom is 0.234 e. The fraction of sp³-hybridized carbons (Fsp3) is 0.562. The van der Waals surface area contributed by atoms with Gasteiger partial charge in [-0.2, -0.15) is 0 Å². The topological polar surface area (TPSA) is 44.4 Å². The van der Waals surface area contributed by atoms with Crippen molar-refractivity contribution in [1.82, 2.24) is 15.5 Å². The third-order valence-electron chi connectivity index (χ3n) is 3.99. The van der Waals surface area contributed by atoms with Crippen LogP contribution in [0.4, 0.5) is 0 Å². The molecule has 3 atom stereocenters. The number of carbonyl (C=O) groups excluding carboxylic acids is 1. The van der Waals surface area contributed by atoms with Crippen molar-refractivity contribution in [2.75, 3.05) is 19.6 Å². The first-order valence-corrected chi connectivity index (χ1v) is 7.86. The van der Waals surface area contributed by atoms with Gasteiger partial charge in [-0.25, -0.2) is 0 Å². The third kappa shape index (κ3) is 4.43. The van der Waals surface area contributed by atoms with E-state index in [1.807, 2.05) is 31.2 Å². The molecule has 0 aliphatic carbocycles. The highest BCUT2D eigenvalue weighted by molar-refractivity contribution is 6.31. The summed E-state index contributed by atoms with van der Waals surface area (Å²) >= 11 is 6.17. The summed E-state index contributed by atoms with van der Waals surface area (Å²) in [5.41, 5.74) is 0.953. The second kappa shape index (κ2) is 7.25. The van der Waals surface area contributed by atoms with Gasteiger partial charge in [-0.3, -0.25) is 9.69 Å². The number of hydrogen-bond acceptors (Lipinski definition) is 3. The molecule has 116 valence electrons. The summed E-state index contributed by atoms with van der Waals surface area (Å²) in [5.74, 6) is 0.0448. The molecule has 1 aliphatic heterocycles. The van der Waals surface area contributed by atoms with Crippen LogP contribution < -0.4 is 10.6 Å². The van der Waals surface area contributed by atoms with Crippen LogP contribution in [0.15, 0.2) is 24.3 Å². The lowest BCUT2D eigenvalue weighted by atomic mass is 10.1. The number of rotatable bonds is 4. The van der Waals surface area contributed by atoms with Crippen LogP contribution in [0, 0.1) is 0 Å². The van der Waals surface area contributed by atoms with E-state index < -0.39 is 0 Å². The van der Waals surface area contributed by atoms with E-state index in [1.165, 1.54) is 0 Å². The van der Waals surface area contributed by atoms with Crippen molar-refractivity contribution in [3.8, 4) is 0 Å². The molecule has 0 spiro atoms. The van der Waals surface area contributed by atoms with Crippen molar-refractivity contribution >= 4 is 17.5 Å². The fourth-order valence-electron chi connectivity index (χ4n) is 2.69. The highest BCUT2D eigenvalue weighted by Crippen LogP contribution is 2.22. The van der Waals surface area contributed by atoms with E-state index in [-0.39, 0.29) is 11.9 Å². The second-order valence-corrected chi connectivity index (χ2v) is 6.31. The summed E-state index contributed by atoms with van der Waals surface area (Å²) in [4.78, 5) is 14.5. The van der Waals surface area contributed by atoms with Gasteiger partial charge in [0.1, 0.15) is 0 Å². The number of benzene rings is 1. The normalized spacial score (nSPS) is 24.6. The molecule has 21 heavy (non-hydrogen) atoms. The van der Waals surface area contributed by atoms with E-state index in [0.717, 1.165) is 18.7 Å². The average Bonchev–Trinajstić information content (AvgIpc) is 2.43. The van der Waals surface area contributed by atoms with Crippen LogP contribution in [0.1, 0.15) is 32.4 Å². The van der Waals surface area contributed by atoms with Gasteiger partial charge in [0.15, 0.2) is 0 Å². The molecule has 1 fully saturated rings. The Morgan fingerprint density at radius 3 is 2.90 bits per heavy atom. The number of nitrogens with zero attached hydrogens (tertiary/aromatic N) is 1. The number of piperazine rings is 1. The lowest BCUT2D eigenvalue weighted by molar-refractivity contribution is -0.123. The molecule has 1 aromatic rings. The molecule has 2 rings (SSSR count). The minimum Gasteiger partial charge on any atom is -0.348 e. The van der Waals surface area contributed by atoms with Crippen molar-refractivity contribution in [3.05, 3.63) is 34.9 Å². The monoisotopic (exact) mass is 309 g/mol. The Kier molecular flexibility index (Phi) is 5.62. The molecule has 0 aromatic heterocycles.